The van der Waals surface area contributed by atoms with Crippen molar-refractivity contribution in [3.63, 3.8) is 0 Å². The van der Waals surface area contributed by atoms with Crippen molar-refractivity contribution in [3.8, 4) is 0 Å². The van der Waals surface area contributed by atoms with Gasteiger partial charge >= 0.3 is 5.97 Å². The standard InChI is InChI=1S/C19H21N3O3/c1-25-19(24)14-4-2-3-12(9-14)10-22-8-7-15-16(11-22)20-17(13-5-6-13)21-18(15)23/h2-4,9,13H,5-8,10-11H2,1H3,(H,20,21,23). The van der Waals surface area contributed by atoms with E-state index in [1.54, 1.807) is 6.07 Å². The lowest BCUT2D eigenvalue weighted by atomic mass is 10.0. The van der Waals surface area contributed by atoms with Gasteiger partial charge in [-0.05, 0) is 37.0 Å². The summed E-state index contributed by atoms with van der Waals surface area (Å²) >= 11 is 0. The van der Waals surface area contributed by atoms with Crippen LogP contribution < -0.4 is 5.56 Å². The van der Waals surface area contributed by atoms with E-state index in [0.717, 1.165) is 48.6 Å². The summed E-state index contributed by atoms with van der Waals surface area (Å²) in [6.07, 6.45) is 2.94. The summed E-state index contributed by atoms with van der Waals surface area (Å²) in [5.41, 5.74) is 3.37. The lowest BCUT2D eigenvalue weighted by Crippen LogP contribution is -2.35. The molecule has 25 heavy (non-hydrogen) atoms. The average molecular weight is 339 g/mol. The van der Waals surface area contributed by atoms with Crippen LogP contribution in [0.1, 0.15) is 51.8 Å². The Morgan fingerprint density at radius 2 is 2.24 bits per heavy atom. The second-order valence-electron chi connectivity index (χ2n) is 6.80. The molecule has 1 N–H and O–H groups in total. The summed E-state index contributed by atoms with van der Waals surface area (Å²) < 4.78 is 4.78. The third kappa shape index (κ3) is 3.35. The molecule has 0 unspecified atom stereocenters. The van der Waals surface area contributed by atoms with Gasteiger partial charge in [-0.3, -0.25) is 9.69 Å². The fourth-order valence-electron chi connectivity index (χ4n) is 3.37. The molecule has 0 bridgehead atoms. The van der Waals surface area contributed by atoms with Gasteiger partial charge in [0.05, 0.1) is 18.4 Å². The van der Waals surface area contributed by atoms with E-state index in [-0.39, 0.29) is 11.5 Å². The fraction of sp³-hybridized carbons (Fsp3) is 0.421. The molecular weight excluding hydrogens is 318 g/mol. The highest BCUT2D eigenvalue weighted by Crippen LogP contribution is 2.37. The Morgan fingerprint density at radius 3 is 3.00 bits per heavy atom. The number of rotatable bonds is 4. The molecule has 0 radical (unpaired) electrons. The Bertz CT molecular complexity index is 870. The molecule has 1 aromatic heterocycles. The number of benzene rings is 1. The van der Waals surface area contributed by atoms with Crippen molar-refractivity contribution in [2.24, 2.45) is 0 Å². The van der Waals surface area contributed by atoms with E-state index in [2.05, 4.69) is 9.88 Å². The first-order chi connectivity index (χ1) is 12.1. The van der Waals surface area contributed by atoms with Crippen LogP contribution in [0.3, 0.4) is 0 Å². The van der Waals surface area contributed by atoms with Crippen molar-refractivity contribution in [1.29, 1.82) is 0 Å². The Hall–Kier alpha value is -2.47. The van der Waals surface area contributed by atoms with Gasteiger partial charge in [0.25, 0.3) is 5.56 Å². The van der Waals surface area contributed by atoms with Crippen LogP contribution in [0.25, 0.3) is 0 Å². The van der Waals surface area contributed by atoms with Crippen molar-refractivity contribution in [3.05, 3.63) is 62.8 Å². The number of H-pyrrole nitrogens is 1. The number of methoxy groups -OCH3 is 1. The fourth-order valence-corrected chi connectivity index (χ4v) is 3.37. The Morgan fingerprint density at radius 1 is 1.40 bits per heavy atom. The highest BCUT2D eigenvalue weighted by molar-refractivity contribution is 5.89. The maximum atomic E-state index is 12.3. The number of ether oxygens (including phenoxy) is 1. The summed E-state index contributed by atoms with van der Waals surface area (Å²) in [5, 5.41) is 0. The molecule has 2 aromatic rings. The zero-order valence-electron chi connectivity index (χ0n) is 14.2. The molecule has 0 saturated heterocycles. The van der Waals surface area contributed by atoms with Crippen LogP contribution in [-0.2, 0) is 24.2 Å². The summed E-state index contributed by atoms with van der Waals surface area (Å²) in [7, 11) is 1.39. The number of nitrogens with zero attached hydrogens (tertiary/aromatic N) is 2. The van der Waals surface area contributed by atoms with Crippen LogP contribution in [0.15, 0.2) is 29.1 Å². The zero-order valence-corrected chi connectivity index (χ0v) is 14.2. The number of aromatic nitrogens is 2. The molecule has 1 saturated carbocycles. The quantitative estimate of drug-likeness (QED) is 0.862. The van der Waals surface area contributed by atoms with Gasteiger partial charge in [0.15, 0.2) is 0 Å². The van der Waals surface area contributed by atoms with Crippen LogP contribution >= 0.6 is 0 Å². The highest BCUT2D eigenvalue weighted by Gasteiger charge is 2.29. The van der Waals surface area contributed by atoms with Crippen LogP contribution in [0, 0.1) is 0 Å². The Balaban J connectivity index is 1.53. The maximum absolute atomic E-state index is 12.3. The predicted octanol–water partition coefficient (Wildman–Crippen LogP) is 1.99. The van der Waals surface area contributed by atoms with Crippen LogP contribution in [0.5, 0.6) is 0 Å². The van der Waals surface area contributed by atoms with Gasteiger partial charge in [-0.2, -0.15) is 0 Å². The van der Waals surface area contributed by atoms with Gasteiger partial charge < -0.3 is 9.72 Å². The minimum absolute atomic E-state index is 0.0271. The van der Waals surface area contributed by atoms with Gasteiger partial charge in [-0.1, -0.05) is 12.1 Å². The monoisotopic (exact) mass is 339 g/mol. The second kappa shape index (κ2) is 6.44. The molecule has 130 valence electrons. The first-order valence-corrected chi connectivity index (χ1v) is 8.65. The number of carbonyl (C=O) groups excluding carboxylic acids is 1. The van der Waals surface area contributed by atoms with Crippen molar-refractivity contribution >= 4 is 5.97 Å². The molecule has 0 spiro atoms. The zero-order chi connectivity index (χ0) is 17.4. The number of hydrogen-bond acceptors (Lipinski definition) is 5. The Kier molecular flexibility index (Phi) is 4.13. The van der Waals surface area contributed by atoms with Gasteiger partial charge in [0.1, 0.15) is 5.82 Å². The summed E-state index contributed by atoms with van der Waals surface area (Å²) in [4.78, 5) is 33.9. The van der Waals surface area contributed by atoms with E-state index in [0.29, 0.717) is 24.4 Å². The smallest absolute Gasteiger partial charge is 0.337 e. The van der Waals surface area contributed by atoms with Crippen LogP contribution in [-0.4, -0.2) is 34.5 Å². The normalized spacial score (nSPS) is 17.2. The van der Waals surface area contributed by atoms with Gasteiger partial charge in [-0.15, -0.1) is 0 Å². The number of nitrogens with one attached hydrogen (secondary N) is 1. The Labute approximate surface area is 145 Å². The van der Waals surface area contributed by atoms with Gasteiger partial charge in [0, 0.05) is 31.1 Å². The molecule has 2 heterocycles. The van der Waals surface area contributed by atoms with E-state index in [4.69, 9.17) is 9.72 Å². The minimum atomic E-state index is -0.326. The van der Waals surface area contributed by atoms with E-state index in [1.165, 1.54) is 7.11 Å². The molecule has 1 aliphatic carbocycles. The lowest BCUT2D eigenvalue weighted by Gasteiger charge is -2.27. The van der Waals surface area contributed by atoms with Crippen molar-refractivity contribution in [1.82, 2.24) is 14.9 Å². The van der Waals surface area contributed by atoms with Gasteiger partial charge in [-0.25, -0.2) is 9.78 Å². The second-order valence-corrected chi connectivity index (χ2v) is 6.80. The molecule has 0 atom stereocenters. The largest absolute Gasteiger partial charge is 0.465 e. The van der Waals surface area contributed by atoms with E-state index in [1.807, 2.05) is 18.2 Å². The average Bonchev–Trinajstić information content (AvgIpc) is 3.46. The molecule has 6 heteroatoms. The number of carbonyl (C=O) groups is 1. The van der Waals surface area contributed by atoms with Crippen LogP contribution in [0.4, 0.5) is 0 Å². The van der Waals surface area contributed by atoms with Crippen molar-refractivity contribution in [2.75, 3.05) is 13.7 Å². The number of esters is 1. The number of fused-ring (bicyclic) bond motifs is 1. The first-order valence-electron chi connectivity index (χ1n) is 8.65. The summed E-state index contributed by atoms with van der Waals surface area (Å²) in [6.45, 7) is 2.20. The van der Waals surface area contributed by atoms with Crippen molar-refractivity contribution in [2.45, 2.75) is 38.3 Å². The van der Waals surface area contributed by atoms with Crippen molar-refractivity contribution < 1.29 is 9.53 Å². The summed E-state index contributed by atoms with van der Waals surface area (Å²) in [6, 6.07) is 7.49. The number of aromatic amines is 1. The molecule has 4 rings (SSSR count). The third-order valence-corrected chi connectivity index (χ3v) is 4.89. The lowest BCUT2D eigenvalue weighted by molar-refractivity contribution is 0.0600. The highest BCUT2D eigenvalue weighted by atomic mass is 16.5. The number of hydrogen-bond donors (Lipinski definition) is 1. The molecule has 6 nitrogen and oxygen atoms in total. The first kappa shape index (κ1) is 16.0. The predicted molar refractivity (Wildman–Crippen MR) is 92.4 cm³/mol. The SMILES string of the molecule is COC(=O)c1cccc(CN2CCc3c(nc(C4CC4)[nH]c3=O)C2)c1. The molecular formula is C19H21N3O3. The minimum Gasteiger partial charge on any atom is -0.465 e. The molecule has 1 aromatic carbocycles. The van der Waals surface area contributed by atoms with Gasteiger partial charge in [0.2, 0.25) is 0 Å². The molecule has 1 aliphatic heterocycles. The maximum Gasteiger partial charge on any atom is 0.337 e. The van der Waals surface area contributed by atoms with Crippen LogP contribution in [0.2, 0.25) is 0 Å². The third-order valence-electron chi connectivity index (χ3n) is 4.89. The molecule has 0 amide bonds. The summed E-state index contributed by atoms with van der Waals surface area (Å²) in [5.74, 6) is 0.955. The van der Waals surface area contributed by atoms with E-state index in [9.17, 15) is 9.59 Å². The van der Waals surface area contributed by atoms with E-state index < -0.39 is 0 Å². The molecule has 1 fully saturated rings. The van der Waals surface area contributed by atoms with E-state index >= 15 is 0 Å². The molecule has 2 aliphatic rings. The topological polar surface area (TPSA) is 75.3 Å².